The monoisotopic (exact) mass is 223 g/mol. The standard InChI is InChI=1S/C12H17NO3/c1-9(13-7-3-2-4-8-13)10-5-6-11(16-10)12(14)15/h5-6,9H,2-4,7-8H2,1H3,(H,14,15)/t9-/m1/s1. The Morgan fingerprint density at radius 3 is 2.62 bits per heavy atom. The molecule has 1 N–H and O–H groups in total. The van der Waals surface area contributed by atoms with Crippen molar-refractivity contribution in [3.63, 3.8) is 0 Å². The van der Waals surface area contributed by atoms with Crippen LogP contribution < -0.4 is 0 Å². The second-order valence-electron chi connectivity index (χ2n) is 4.28. The molecule has 88 valence electrons. The Hall–Kier alpha value is -1.29. The number of nitrogens with zero attached hydrogens (tertiary/aromatic N) is 1. The summed E-state index contributed by atoms with van der Waals surface area (Å²) in [6.07, 6.45) is 3.73. The first-order valence-electron chi connectivity index (χ1n) is 5.75. The van der Waals surface area contributed by atoms with Gasteiger partial charge in [-0.25, -0.2) is 4.79 Å². The van der Waals surface area contributed by atoms with Gasteiger partial charge in [-0.05, 0) is 45.0 Å². The van der Waals surface area contributed by atoms with E-state index in [0.717, 1.165) is 18.8 Å². The number of carboxylic acids is 1. The second-order valence-corrected chi connectivity index (χ2v) is 4.28. The highest BCUT2D eigenvalue weighted by atomic mass is 16.4. The van der Waals surface area contributed by atoms with Crippen LogP contribution in [-0.2, 0) is 0 Å². The quantitative estimate of drug-likeness (QED) is 0.855. The molecule has 0 spiro atoms. The summed E-state index contributed by atoms with van der Waals surface area (Å²) in [6, 6.07) is 3.47. The van der Waals surface area contributed by atoms with Crippen LogP contribution in [0.2, 0.25) is 0 Å². The number of hydrogen-bond donors (Lipinski definition) is 1. The number of carboxylic acid groups (broad SMARTS) is 1. The maximum Gasteiger partial charge on any atom is 0.371 e. The fraction of sp³-hybridized carbons (Fsp3) is 0.583. The van der Waals surface area contributed by atoms with E-state index in [9.17, 15) is 4.79 Å². The first kappa shape index (κ1) is 11.2. The average molecular weight is 223 g/mol. The lowest BCUT2D eigenvalue weighted by atomic mass is 10.1. The minimum Gasteiger partial charge on any atom is -0.475 e. The van der Waals surface area contributed by atoms with Gasteiger partial charge in [0, 0.05) is 0 Å². The van der Waals surface area contributed by atoms with Gasteiger partial charge in [-0.15, -0.1) is 0 Å². The van der Waals surface area contributed by atoms with Gasteiger partial charge in [-0.3, -0.25) is 4.90 Å². The predicted molar refractivity (Wildman–Crippen MR) is 59.5 cm³/mol. The van der Waals surface area contributed by atoms with Crippen molar-refractivity contribution in [3.05, 3.63) is 23.7 Å². The third kappa shape index (κ3) is 2.27. The van der Waals surface area contributed by atoms with Crippen LogP contribution in [0.4, 0.5) is 0 Å². The van der Waals surface area contributed by atoms with Crippen molar-refractivity contribution in [2.24, 2.45) is 0 Å². The van der Waals surface area contributed by atoms with Crippen molar-refractivity contribution < 1.29 is 14.3 Å². The van der Waals surface area contributed by atoms with E-state index in [1.807, 2.05) is 0 Å². The first-order chi connectivity index (χ1) is 7.68. The zero-order valence-corrected chi connectivity index (χ0v) is 9.48. The van der Waals surface area contributed by atoms with Crippen molar-refractivity contribution in [2.45, 2.75) is 32.2 Å². The third-order valence-electron chi connectivity index (χ3n) is 3.19. The van der Waals surface area contributed by atoms with Crippen molar-refractivity contribution >= 4 is 5.97 Å². The van der Waals surface area contributed by atoms with Gasteiger partial charge in [0.15, 0.2) is 0 Å². The summed E-state index contributed by atoms with van der Waals surface area (Å²) < 4.78 is 5.32. The molecule has 4 nitrogen and oxygen atoms in total. The van der Waals surface area contributed by atoms with Crippen molar-refractivity contribution in [2.75, 3.05) is 13.1 Å². The molecule has 0 bridgehead atoms. The van der Waals surface area contributed by atoms with Crippen LogP contribution >= 0.6 is 0 Å². The third-order valence-corrected chi connectivity index (χ3v) is 3.19. The van der Waals surface area contributed by atoms with E-state index in [1.54, 1.807) is 6.07 Å². The van der Waals surface area contributed by atoms with Crippen LogP contribution in [-0.4, -0.2) is 29.1 Å². The number of carbonyl (C=O) groups is 1. The SMILES string of the molecule is C[C@H](c1ccc(C(=O)O)o1)N1CCCCC1. The molecule has 16 heavy (non-hydrogen) atoms. The van der Waals surface area contributed by atoms with Gasteiger partial charge in [-0.2, -0.15) is 0 Å². The number of rotatable bonds is 3. The molecule has 2 rings (SSSR count). The zero-order valence-electron chi connectivity index (χ0n) is 9.48. The molecule has 0 amide bonds. The molecule has 1 aliphatic rings. The molecule has 1 atom stereocenters. The van der Waals surface area contributed by atoms with Crippen molar-refractivity contribution in [1.82, 2.24) is 4.90 Å². The molecule has 2 heterocycles. The molecule has 0 radical (unpaired) electrons. The lowest BCUT2D eigenvalue weighted by molar-refractivity contribution is 0.0654. The largest absolute Gasteiger partial charge is 0.475 e. The molecule has 1 saturated heterocycles. The fourth-order valence-corrected chi connectivity index (χ4v) is 2.18. The summed E-state index contributed by atoms with van der Waals surface area (Å²) in [6.45, 7) is 4.21. The number of aromatic carboxylic acids is 1. The lowest BCUT2D eigenvalue weighted by Crippen LogP contribution is -2.32. The van der Waals surface area contributed by atoms with E-state index in [-0.39, 0.29) is 11.8 Å². The molecule has 1 aromatic heterocycles. The molecule has 1 aliphatic heterocycles. The molecular weight excluding hydrogens is 206 g/mol. The highest BCUT2D eigenvalue weighted by Gasteiger charge is 2.21. The predicted octanol–water partition coefficient (Wildman–Crippen LogP) is 2.52. The van der Waals surface area contributed by atoms with Crippen molar-refractivity contribution in [3.8, 4) is 0 Å². The maximum absolute atomic E-state index is 10.7. The Labute approximate surface area is 94.9 Å². The lowest BCUT2D eigenvalue weighted by Gasteiger charge is -2.31. The van der Waals surface area contributed by atoms with Gasteiger partial charge < -0.3 is 9.52 Å². The first-order valence-corrected chi connectivity index (χ1v) is 5.75. The number of furan rings is 1. The van der Waals surface area contributed by atoms with Gasteiger partial charge in [0.05, 0.1) is 6.04 Å². The summed E-state index contributed by atoms with van der Waals surface area (Å²) in [5.74, 6) is -0.227. The van der Waals surface area contributed by atoms with Crippen LogP contribution in [0, 0.1) is 0 Å². The number of hydrogen-bond acceptors (Lipinski definition) is 3. The Bertz CT molecular complexity index is 366. The van der Waals surface area contributed by atoms with Crippen LogP contribution in [0.5, 0.6) is 0 Å². The second kappa shape index (κ2) is 4.70. The molecule has 0 aromatic carbocycles. The van der Waals surface area contributed by atoms with Gasteiger partial charge >= 0.3 is 5.97 Å². The van der Waals surface area contributed by atoms with Crippen LogP contribution in [0.15, 0.2) is 16.5 Å². The summed E-state index contributed by atoms with van der Waals surface area (Å²) in [5, 5.41) is 8.78. The number of piperidine rings is 1. The van der Waals surface area contributed by atoms with Crippen LogP contribution in [0.3, 0.4) is 0 Å². The molecular formula is C12H17NO3. The minimum atomic E-state index is -1.00. The molecule has 1 fully saturated rings. The van der Waals surface area contributed by atoms with Crippen LogP contribution in [0.25, 0.3) is 0 Å². The molecule has 0 aliphatic carbocycles. The Kier molecular flexibility index (Phi) is 3.29. The van der Waals surface area contributed by atoms with E-state index in [4.69, 9.17) is 9.52 Å². The smallest absolute Gasteiger partial charge is 0.371 e. The maximum atomic E-state index is 10.7. The molecule has 4 heteroatoms. The van der Waals surface area contributed by atoms with Gasteiger partial charge in [0.2, 0.25) is 5.76 Å². The molecule has 1 aromatic rings. The molecule has 0 saturated carbocycles. The minimum absolute atomic E-state index is 0.0267. The summed E-state index contributed by atoms with van der Waals surface area (Å²) in [4.78, 5) is 13.0. The Morgan fingerprint density at radius 2 is 2.06 bits per heavy atom. The number of likely N-dealkylation sites (tertiary alicyclic amines) is 1. The van der Waals surface area contributed by atoms with E-state index in [2.05, 4.69) is 11.8 Å². The van der Waals surface area contributed by atoms with Crippen LogP contribution in [0.1, 0.15) is 48.5 Å². The van der Waals surface area contributed by atoms with E-state index < -0.39 is 5.97 Å². The Balaban J connectivity index is 2.07. The Morgan fingerprint density at radius 1 is 1.38 bits per heavy atom. The zero-order chi connectivity index (χ0) is 11.5. The average Bonchev–Trinajstić information content (AvgIpc) is 2.78. The van der Waals surface area contributed by atoms with Gasteiger partial charge in [0.1, 0.15) is 5.76 Å². The van der Waals surface area contributed by atoms with E-state index in [0.29, 0.717) is 0 Å². The van der Waals surface area contributed by atoms with E-state index >= 15 is 0 Å². The fourth-order valence-electron chi connectivity index (χ4n) is 2.18. The summed E-state index contributed by atoms with van der Waals surface area (Å²) >= 11 is 0. The van der Waals surface area contributed by atoms with Crippen molar-refractivity contribution in [1.29, 1.82) is 0 Å². The van der Waals surface area contributed by atoms with E-state index in [1.165, 1.54) is 25.3 Å². The van der Waals surface area contributed by atoms with Gasteiger partial charge in [0.25, 0.3) is 0 Å². The normalized spacial score (nSPS) is 19.6. The van der Waals surface area contributed by atoms with Gasteiger partial charge in [-0.1, -0.05) is 6.42 Å². The highest BCUT2D eigenvalue weighted by Crippen LogP contribution is 2.25. The summed E-state index contributed by atoms with van der Waals surface area (Å²) in [5.41, 5.74) is 0. The molecule has 0 unspecified atom stereocenters. The summed E-state index contributed by atoms with van der Waals surface area (Å²) in [7, 11) is 0. The topological polar surface area (TPSA) is 53.7 Å². The highest BCUT2D eigenvalue weighted by molar-refractivity contribution is 5.84.